The summed E-state index contributed by atoms with van der Waals surface area (Å²) < 4.78 is 26.7. The number of hydrogen-bond donors (Lipinski definition) is 3. The van der Waals surface area contributed by atoms with Crippen molar-refractivity contribution < 1.29 is 13.2 Å². The predicted molar refractivity (Wildman–Crippen MR) is 78.6 cm³/mol. The van der Waals surface area contributed by atoms with Crippen molar-refractivity contribution in [3.8, 4) is 0 Å². The molecule has 0 aliphatic carbocycles. The number of carbonyl (C=O) groups excluding carboxylic acids is 1. The quantitative estimate of drug-likeness (QED) is 0.773. The van der Waals surface area contributed by atoms with Gasteiger partial charge in [0.25, 0.3) is 15.9 Å². The molecule has 8 heteroatoms. The van der Waals surface area contributed by atoms with Gasteiger partial charge >= 0.3 is 0 Å². The van der Waals surface area contributed by atoms with Crippen LogP contribution in [0.1, 0.15) is 22.8 Å². The van der Waals surface area contributed by atoms with Crippen LogP contribution in [-0.4, -0.2) is 30.8 Å². The minimum Gasteiger partial charge on any atom is -0.352 e. The molecule has 112 valence electrons. The number of anilines is 1. The number of H-pyrrole nitrogens is 1. The highest BCUT2D eigenvalue weighted by molar-refractivity contribution is 7.92. The van der Waals surface area contributed by atoms with E-state index >= 15 is 0 Å². The number of carbonyl (C=O) groups is 1. The summed E-state index contributed by atoms with van der Waals surface area (Å²) in [6.07, 6.45) is 2.50. The number of rotatable bonds is 5. The highest BCUT2D eigenvalue weighted by Gasteiger charge is 2.17. The van der Waals surface area contributed by atoms with Crippen LogP contribution in [0, 0.1) is 6.92 Å². The van der Waals surface area contributed by atoms with Crippen molar-refractivity contribution in [1.29, 1.82) is 0 Å². The number of imidazole rings is 1. The maximum atomic E-state index is 12.1. The van der Waals surface area contributed by atoms with Gasteiger partial charge in [-0.25, -0.2) is 4.98 Å². The van der Waals surface area contributed by atoms with Crippen molar-refractivity contribution in [2.24, 2.45) is 0 Å². The summed E-state index contributed by atoms with van der Waals surface area (Å²) in [7, 11) is -3.75. The number of aromatic nitrogens is 2. The van der Waals surface area contributed by atoms with Gasteiger partial charge < -0.3 is 10.3 Å². The fourth-order valence-corrected chi connectivity index (χ4v) is 2.75. The second-order valence-corrected chi connectivity index (χ2v) is 6.06. The molecule has 0 unspecified atom stereocenters. The summed E-state index contributed by atoms with van der Waals surface area (Å²) >= 11 is 0. The number of hydrogen-bond acceptors (Lipinski definition) is 4. The summed E-state index contributed by atoms with van der Waals surface area (Å²) in [5, 5.41) is 2.63. The standard InChI is InChI=1S/C13H16N4O3S/c1-3-15-13(18)10-5-4-9(2)11(6-10)17-21(19,20)12-7-14-8-16-12/h4-8,17H,3H2,1-2H3,(H,14,16)(H,15,18). The fraction of sp³-hybridized carbons (Fsp3) is 0.231. The lowest BCUT2D eigenvalue weighted by Gasteiger charge is -2.11. The molecule has 7 nitrogen and oxygen atoms in total. The fourth-order valence-electron chi connectivity index (χ4n) is 1.73. The van der Waals surface area contributed by atoms with Crippen LogP contribution in [0.4, 0.5) is 5.69 Å². The molecule has 0 fully saturated rings. The van der Waals surface area contributed by atoms with Gasteiger partial charge in [-0.05, 0) is 31.5 Å². The van der Waals surface area contributed by atoms with E-state index in [1.54, 1.807) is 19.1 Å². The lowest BCUT2D eigenvalue weighted by molar-refractivity contribution is 0.0956. The number of nitrogens with zero attached hydrogens (tertiary/aromatic N) is 1. The molecule has 1 aromatic heterocycles. The monoisotopic (exact) mass is 308 g/mol. The Hall–Kier alpha value is -2.35. The Morgan fingerprint density at radius 3 is 2.76 bits per heavy atom. The number of nitrogens with one attached hydrogen (secondary N) is 3. The molecule has 21 heavy (non-hydrogen) atoms. The van der Waals surface area contributed by atoms with Gasteiger partial charge in [0.1, 0.15) is 0 Å². The third kappa shape index (κ3) is 3.40. The van der Waals surface area contributed by atoms with Crippen LogP contribution in [0.25, 0.3) is 0 Å². The average Bonchev–Trinajstić information content (AvgIpc) is 2.96. The molecule has 0 aliphatic rings. The Labute approximate surface area is 122 Å². The molecular formula is C13H16N4O3S. The van der Waals surface area contributed by atoms with E-state index in [1.165, 1.54) is 18.6 Å². The van der Waals surface area contributed by atoms with Crippen LogP contribution in [0.3, 0.4) is 0 Å². The zero-order chi connectivity index (χ0) is 15.5. The minimum atomic E-state index is -3.75. The van der Waals surface area contributed by atoms with Crippen molar-refractivity contribution in [1.82, 2.24) is 15.3 Å². The molecule has 0 saturated heterocycles. The molecule has 1 amide bonds. The molecule has 3 N–H and O–H groups in total. The molecule has 2 aromatic rings. The summed E-state index contributed by atoms with van der Waals surface area (Å²) in [6, 6.07) is 4.85. The van der Waals surface area contributed by atoms with Crippen LogP contribution in [0.2, 0.25) is 0 Å². The highest BCUT2D eigenvalue weighted by Crippen LogP contribution is 2.20. The summed E-state index contributed by atoms with van der Waals surface area (Å²) in [5.74, 6) is -0.250. The lowest BCUT2D eigenvalue weighted by atomic mass is 10.1. The molecule has 0 aliphatic heterocycles. The van der Waals surface area contributed by atoms with Crippen molar-refractivity contribution in [3.63, 3.8) is 0 Å². The number of aromatic amines is 1. The first-order chi connectivity index (χ1) is 9.94. The predicted octanol–water partition coefficient (Wildman–Crippen LogP) is 1.27. The second kappa shape index (κ2) is 5.96. The van der Waals surface area contributed by atoms with Gasteiger partial charge in [-0.2, -0.15) is 8.42 Å². The third-order valence-corrected chi connectivity index (χ3v) is 4.13. The second-order valence-electron chi connectivity index (χ2n) is 4.41. The summed E-state index contributed by atoms with van der Waals surface area (Å²) in [5.41, 5.74) is 1.46. The van der Waals surface area contributed by atoms with Gasteiger partial charge in [0.2, 0.25) is 0 Å². The zero-order valence-electron chi connectivity index (χ0n) is 11.7. The van der Waals surface area contributed by atoms with E-state index in [9.17, 15) is 13.2 Å². The van der Waals surface area contributed by atoms with E-state index in [0.29, 0.717) is 23.4 Å². The van der Waals surface area contributed by atoms with Gasteiger partial charge in [0, 0.05) is 12.1 Å². The van der Waals surface area contributed by atoms with E-state index in [0.717, 1.165) is 0 Å². The number of benzene rings is 1. The van der Waals surface area contributed by atoms with Crippen molar-refractivity contribution in [3.05, 3.63) is 41.9 Å². The van der Waals surface area contributed by atoms with E-state index in [-0.39, 0.29) is 10.9 Å². The van der Waals surface area contributed by atoms with Gasteiger partial charge in [-0.3, -0.25) is 9.52 Å². The normalized spacial score (nSPS) is 11.1. The molecular weight excluding hydrogens is 292 g/mol. The van der Waals surface area contributed by atoms with Gasteiger partial charge in [0.15, 0.2) is 5.03 Å². The molecule has 2 rings (SSSR count). The van der Waals surface area contributed by atoms with E-state index in [2.05, 4.69) is 20.0 Å². The number of sulfonamides is 1. The van der Waals surface area contributed by atoms with Crippen molar-refractivity contribution in [2.75, 3.05) is 11.3 Å². The third-order valence-electron chi connectivity index (χ3n) is 2.84. The summed E-state index contributed by atoms with van der Waals surface area (Å²) in [6.45, 7) is 4.07. The van der Waals surface area contributed by atoms with E-state index in [4.69, 9.17) is 0 Å². The Kier molecular flexibility index (Phi) is 4.27. The molecule has 0 radical (unpaired) electrons. The van der Waals surface area contributed by atoms with E-state index in [1.807, 2.05) is 6.92 Å². The van der Waals surface area contributed by atoms with Crippen molar-refractivity contribution in [2.45, 2.75) is 18.9 Å². The Morgan fingerprint density at radius 1 is 1.38 bits per heavy atom. The van der Waals surface area contributed by atoms with Crippen LogP contribution in [-0.2, 0) is 10.0 Å². The molecule has 0 saturated carbocycles. The Morgan fingerprint density at radius 2 is 2.14 bits per heavy atom. The van der Waals surface area contributed by atoms with Crippen LogP contribution < -0.4 is 10.0 Å². The minimum absolute atomic E-state index is 0.0367. The lowest BCUT2D eigenvalue weighted by Crippen LogP contribution is -2.23. The van der Waals surface area contributed by atoms with Crippen molar-refractivity contribution >= 4 is 21.6 Å². The highest BCUT2D eigenvalue weighted by atomic mass is 32.2. The molecule has 1 heterocycles. The van der Waals surface area contributed by atoms with Crippen LogP contribution in [0.15, 0.2) is 35.7 Å². The Balaban J connectivity index is 2.32. The first kappa shape index (κ1) is 15.0. The van der Waals surface area contributed by atoms with Crippen LogP contribution in [0.5, 0.6) is 0 Å². The number of amides is 1. The largest absolute Gasteiger partial charge is 0.352 e. The molecule has 0 atom stereocenters. The van der Waals surface area contributed by atoms with Gasteiger partial charge in [0.05, 0.1) is 18.2 Å². The maximum Gasteiger partial charge on any atom is 0.278 e. The van der Waals surface area contributed by atoms with Gasteiger partial charge in [-0.15, -0.1) is 0 Å². The summed E-state index contributed by atoms with van der Waals surface area (Å²) in [4.78, 5) is 18.0. The topological polar surface area (TPSA) is 104 Å². The van der Waals surface area contributed by atoms with Gasteiger partial charge in [-0.1, -0.05) is 6.07 Å². The molecule has 1 aromatic carbocycles. The molecule has 0 spiro atoms. The van der Waals surface area contributed by atoms with E-state index < -0.39 is 10.0 Å². The SMILES string of the molecule is CCNC(=O)c1ccc(C)c(NS(=O)(=O)c2cnc[nH]2)c1. The van der Waals surface area contributed by atoms with Crippen LogP contribution >= 0.6 is 0 Å². The Bertz CT molecular complexity index is 739. The zero-order valence-corrected chi connectivity index (χ0v) is 12.5. The maximum absolute atomic E-state index is 12.1. The first-order valence-corrected chi connectivity index (χ1v) is 7.82. The molecule has 0 bridgehead atoms. The average molecular weight is 308 g/mol. The smallest absolute Gasteiger partial charge is 0.278 e. The number of aryl methyl sites for hydroxylation is 1. The first-order valence-electron chi connectivity index (χ1n) is 6.34.